The third-order valence-corrected chi connectivity index (χ3v) is 4.09. The number of piperazine rings is 1. The first kappa shape index (κ1) is 16.3. The van der Waals surface area contributed by atoms with Gasteiger partial charge in [0.25, 0.3) is 5.91 Å². The molecule has 0 aliphatic carbocycles. The van der Waals surface area contributed by atoms with Gasteiger partial charge in [0.05, 0.1) is 0 Å². The number of carbonyl (C=O) groups excluding carboxylic acids is 1. The van der Waals surface area contributed by atoms with Gasteiger partial charge in [0.1, 0.15) is 23.7 Å². The molecular formula is C17H20FN5O. The van der Waals surface area contributed by atoms with Crippen LogP contribution in [0.3, 0.4) is 0 Å². The van der Waals surface area contributed by atoms with Crippen LogP contribution in [0.1, 0.15) is 17.4 Å². The normalized spacial score (nSPS) is 15.3. The zero-order valence-electron chi connectivity index (χ0n) is 13.6. The number of hydrogen-bond donors (Lipinski definition) is 1. The van der Waals surface area contributed by atoms with Crippen LogP contribution in [-0.2, 0) is 0 Å². The van der Waals surface area contributed by atoms with Crippen molar-refractivity contribution in [3.05, 3.63) is 48.2 Å². The fraction of sp³-hybridized carbons (Fsp3) is 0.353. The van der Waals surface area contributed by atoms with Gasteiger partial charge in [-0.1, -0.05) is 13.0 Å². The molecule has 0 radical (unpaired) electrons. The van der Waals surface area contributed by atoms with Crippen LogP contribution in [0.25, 0.3) is 0 Å². The molecule has 0 bridgehead atoms. The Morgan fingerprint density at radius 2 is 2.00 bits per heavy atom. The molecule has 7 heteroatoms. The highest BCUT2D eigenvalue weighted by Crippen LogP contribution is 2.16. The zero-order chi connectivity index (χ0) is 16.9. The molecular weight excluding hydrogens is 309 g/mol. The van der Waals surface area contributed by atoms with Crippen LogP contribution in [0.15, 0.2) is 36.7 Å². The van der Waals surface area contributed by atoms with Crippen molar-refractivity contribution in [3.63, 3.8) is 0 Å². The van der Waals surface area contributed by atoms with E-state index in [0.717, 1.165) is 19.6 Å². The molecule has 1 saturated heterocycles. The smallest absolute Gasteiger partial charge is 0.272 e. The highest BCUT2D eigenvalue weighted by Gasteiger charge is 2.22. The number of hydrogen-bond acceptors (Lipinski definition) is 5. The van der Waals surface area contributed by atoms with Gasteiger partial charge < -0.3 is 15.1 Å². The van der Waals surface area contributed by atoms with E-state index < -0.39 is 0 Å². The van der Waals surface area contributed by atoms with E-state index in [-0.39, 0.29) is 11.7 Å². The van der Waals surface area contributed by atoms with Gasteiger partial charge in [0.15, 0.2) is 0 Å². The Hall–Kier alpha value is -2.54. The van der Waals surface area contributed by atoms with E-state index in [4.69, 9.17) is 0 Å². The van der Waals surface area contributed by atoms with Gasteiger partial charge in [0.2, 0.25) is 0 Å². The molecule has 24 heavy (non-hydrogen) atoms. The second kappa shape index (κ2) is 7.35. The average molecular weight is 329 g/mol. The number of carbonyl (C=O) groups is 1. The third kappa shape index (κ3) is 3.86. The Kier molecular flexibility index (Phi) is 5.00. The van der Waals surface area contributed by atoms with Crippen LogP contribution < -0.4 is 5.32 Å². The maximum absolute atomic E-state index is 13.2. The standard InChI is InChI=1S/C17H20FN5O/c1-2-22-6-8-23(9-7-22)17(24)15-11-16(20-12-19-15)21-14-5-3-4-13(18)10-14/h3-5,10-12H,2,6-9H2,1H3,(H,19,20,21). The zero-order valence-corrected chi connectivity index (χ0v) is 13.6. The molecule has 1 amide bonds. The quantitative estimate of drug-likeness (QED) is 0.931. The lowest BCUT2D eigenvalue weighted by Gasteiger charge is -2.33. The molecule has 3 rings (SSSR count). The predicted octanol–water partition coefficient (Wildman–Crippen LogP) is 2.14. The molecule has 0 atom stereocenters. The van der Waals surface area contributed by atoms with E-state index in [1.165, 1.54) is 18.5 Å². The summed E-state index contributed by atoms with van der Waals surface area (Å²) in [5, 5.41) is 2.99. The van der Waals surface area contributed by atoms with Crippen molar-refractivity contribution in [3.8, 4) is 0 Å². The maximum atomic E-state index is 13.2. The first-order chi connectivity index (χ1) is 11.7. The number of anilines is 2. The van der Waals surface area contributed by atoms with Crippen LogP contribution in [0.4, 0.5) is 15.9 Å². The molecule has 2 aromatic rings. The summed E-state index contributed by atoms with van der Waals surface area (Å²) < 4.78 is 13.2. The highest BCUT2D eigenvalue weighted by molar-refractivity contribution is 5.93. The van der Waals surface area contributed by atoms with Crippen LogP contribution >= 0.6 is 0 Å². The number of halogens is 1. The van der Waals surface area contributed by atoms with Gasteiger partial charge in [0, 0.05) is 37.9 Å². The summed E-state index contributed by atoms with van der Waals surface area (Å²) in [6.45, 7) is 6.26. The van der Waals surface area contributed by atoms with E-state index in [1.54, 1.807) is 23.1 Å². The summed E-state index contributed by atoms with van der Waals surface area (Å²) in [6, 6.07) is 7.68. The number of amides is 1. The van der Waals surface area contributed by atoms with Gasteiger partial charge in [-0.25, -0.2) is 14.4 Å². The second-order valence-corrected chi connectivity index (χ2v) is 5.65. The van der Waals surface area contributed by atoms with E-state index in [1.807, 2.05) is 0 Å². The lowest BCUT2D eigenvalue weighted by atomic mass is 10.2. The number of benzene rings is 1. The number of nitrogens with zero attached hydrogens (tertiary/aromatic N) is 4. The molecule has 1 aliphatic rings. The summed E-state index contributed by atoms with van der Waals surface area (Å²) >= 11 is 0. The minimum absolute atomic E-state index is 0.101. The molecule has 2 heterocycles. The van der Waals surface area contributed by atoms with Crippen LogP contribution in [0.5, 0.6) is 0 Å². The molecule has 1 aromatic carbocycles. The van der Waals surface area contributed by atoms with Gasteiger partial charge >= 0.3 is 0 Å². The first-order valence-electron chi connectivity index (χ1n) is 8.02. The Balaban J connectivity index is 1.69. The highest BCUT2D eigenvalue weighted by atomic mass is 19.1. The molecule has 0 spiro atoms. The summed E-state index contributed by atoms with van der Waals surface area (Å²) in [5.74, 6) is 0.0285. The SMILES string of the molecule is CCN1CCN(C(=O)c2cc(Nc3cccc(F)c3)ncn2)CC1. The first-order valence-corrected chi connectivity index (χ1v) is 8.02. The summed E-state index contributed by atoms with van der Waals surface area (Å²) in [7, 11) is 0. The van der Waals surface area contributed by atoms with E-state index in [0.29, 0.717) is 30.3 Å². The average Bonchev–Trinajstić information content (AvgIpc) is 2.61. The Morgan fingerprint density at radius 1 is 1.21 bits per heavy atom. The summed E-state index contributed by atoms with van der Waals surface area (Å²) in [4.78, 5) is 24.9. The van der Waals surface area contributed by atoms with Crippen molar-refractivity contribution in [2.45, 2.75) is 6.92 Å². The van der Waals surface area contributed by atoms with Crippen LogP contribution in [-0.4, -0.2) is 58.4 Å². The van der Waals surface area contributed by atoms with E-state index in [9.17, 15) is 9.18 Å². The molecule has 0 saturated carbocycles. The largest absolute Gasteiger partial charge is 0.340 e. The molecule has 1 aliphatic heterocycles. The maximum Gasteiger partial charge on any atom is 0.272 e. The molecule has 1 aromatic heterocycles. The molecule has 6 nitrogen and oxygen atoms in total. The Morgan fingerprint density at radius 3 is 2.71 bits per heavy atom. The lowest BCUT2D eigenvalue weighted by molar-refractivity contribution is 0.0637. The lowest BCUT2D eigenvalue weighted by Crippen LogP contribution is -2.48. The number of likely N-dealkylation sites (N-methyl/N-ethyl adjacent to an activating group) is 1. The summed E-state index contributed by atoms with van der Waals surface area (Å²) in [5.41, 5.74) is 0.914. The predicted molar refractivity (Wildman–Crippen MR) is 89.7 cm³/mol. The monoisotopic (exact) mass is 329 g/mol. The van der Waals surface area contributed by atoms with E-state index >= 15 is 0 Å². The van der Waals surface area contributed by atoms with Gasteiger partial charge in [-0.2, -0.15) is 0 Å². The van der Waals surface area contributed by atoms with Crippen molar-refractivity contribution >= 4 is 17.4 Å². The topological polar surface area (TPSA) is 61.4 Å². The molecule has 1 N–H and O–H groups in total. The van der Waals surface area contributed by atoms with Gasteiger partial charge in [-0.3, -0.25) is 4.79 Å². The van der Waals surface area contributed by atoms with Gasteiger partial charge in [-0.15, -0.1) is 0 Å². The fourth-order valence-corrected chi connectivity index (χ4v) is 2.69. The molecule has 1 fully saturated rings. The summed E-state index contributed by atoms with van der Waals surface area (Å²) in [6.07, 6.45) is 1.34. The molecule has 0 unspecified atom stereocenters. The van der Waals surface area contributed by atoms with Crippen molar-refractivity contribution < 1.29 is 9.18 Å². The van der Waals surface area contributed by atoms with Crippen molar-refractivity contribution in [2.75, 3.05) is 38.0 Å². The minimum atomic E-state index is -0.334. The van der Waals surface area contributed by atoms with Crippen molar-refractivity contribution in [1.29, 1.82) is 0 Å². The number of rotatable bonds is 4. The van der Waals surface area contributed by atoms with E-state index in [2.05, 4.69) is 27.1 Å². The Labute approximate surface area is 140 Å². The molecule has 126 valence electrons. The van der Waals surface area contributed by atoms with Crippen LogP contribution in [0, 0.1) is 5.82 Å². The third-order valence-electron chi connectivity index (χ3n) is 4.09. The van der Waals surface area contributed by atoms with Gasteiger partial charge in [-0.05, 0) is 24.7 Å². The van der Waals surface area contributed by atoms with Crippen molar-refractivity contribution in [2.24, 2.45) is 0 Å². The number of aromatic nitrogens is 2. The Bertz CT molecular complexity index is 716. The second-order valence-electron chi connectivity index (χ2n) is 5.65. The minimum Gasteiger partial charge on any atom is -0.340 e. The fourth-order valence-electron chi connectivity index (χ4n) is 2.69. The van der Waals surface area contributed by atoms with Crippen LogP contribution in [0.2, 0.25) is 0 Å². The number of nitrogens with one attached hydrogen (secondary N) is 1. The van der Waals surface area contributed by atoms with Crippen molar-refractivity contribution in [1.82, 2.24) is 19.8 Å².